The van der Waals surface area contributed by atoms with Gasteiger partial charge in [-0.2, -0.15) is 0 Å². The van der Waals surface area contributed by atoms with E-state index in [2.05, 4.69) is 5.32 Å². The number of thioether (sulfide) groups is 1. The number of nitrogens with one attached hydrogen (secondary N) is 1. The molecule has 8 heteroatoms. The van der Waals surface area contributed by atoms with E-state index in [4.69, 9.17) is 0 Å². The summed E-state index contributed by atoms with van der Waals surface area (Å²) in [5.41, 5.74) is 1.98. The number of nitro benzene ring substituents is 1. The fourth-order valence-electron chi connectivity index (χ4n) is 2.33. The van der Waals surface area contributed by atoms with Gasteiger partial charge in [0, 0.05) is 17.8 Å². The van der Waals surface area contributed by atoms with Gasteiger partial charge in [0.15, 0.2) is 5.37 Å². The lowest BCUT2D eigenvalue weighted by Crippen LogP contribution is -2.34. The molecule has 0 radical (unpaired) electrons. The van der Waals surface area contributed by atoms with Crippen molar-refractivity contribution in [3.8, 4) is 0 Å². The van der Waals surface area contributed by atoms with E-state index in [9.17, 15) is 19.7 Å². The van der Waals surface area contributed by atoms with E-state index in [0.29, 0.717) is 11.4 Å². The lowest BCUT2D eigenvalue weighted by atomic mass is 10.2. The summed E-state index contributed by atoms with van der Waals surface area (Å²) in [5.74, 6) is -0.367. The molecule has 122 valence electrons. The molecule has 1 fully saturated rings. The van der Waals surface area contributed by atoms with E-state index in [1.54, 1.807) is 18.2 Å². The van der Waals surface area contributed by atoms with Gasteiger partial charge in [0.2, 0.25) is 0 Å². The predicted octanol–water partition coefficient (Wildman–Crippen LogP) is 3.54. The van der Waals surface area contributed by atoms with Crippen LogP contribution in [-0.2, 0) is 4.79 Å². The minimum atomic E-state index is -0.764. The van der Waals surface area contributed by atoms with Gasteiger partial charge in [-0.3, -0.25) is 19.7 Å². The molecule has 2 aromatic rings. The Hall–Kier alpha value is -2.87. The Labute approximate surface area is 141 Å². The summed E-state index contributed by atoms with van der Waals surface area (Å²) in [7, 11) is 0. The minimum absolute atomic E-state index is 0.0385. The number of non-ortho nitro benzene ring substituents is 1. The second-order valence-electron chi connectivity index (χ2n) is 5.22. The molecular formula is C16H13N3O4S. The van der Waals surface area contributed by atoms with Crippen molar-refractivity contribution >= 4 is 40.0 Å². The molecule has 1 unspecified atom stereocenters. The topological polar surface area (TPSA) is 92.6 Å². The first-order valence-corrected chi connectivity index (χ1v) is 7.96. The van der Waals surface area contributed by atoms with Crippen molar-refractivity contribution in [3.05, 3.63) is 64.2 Å². The third kappa shape index (κ3) is 3.09. The van der Waals surface area contributed by atoms with Crippen LogP contribution in [0.1, 0.15) is 5.56 Å². The number of nitrogens with zero attached hydrogens (tertiary/aromatic N) is 2. The zero-order chi connectivity index (χ0) is 17.3. The van der Waals surface area contributed by atoms with Gasteiger partial charge >= 0.3 is 0 Å². The molecule has 1 aliphatic heterocycles. The van der Waals surface area contributed by atoms with Crippen LogP contribution in [0.2, 0.25) is 0 Å². The van der Waals surface area contributed by atoms with Crippen molar-refractivity contribution in [2.75, 3.05) is 10.2 Å². The Bertz CT molecular complexity index is 822. The molecule has 0 bridgehead atoms. The number of hydrogen-bond acceptors (Lipinski definition) is 6. The largest absolute Gasteiger partial charge is 0.365 e. The van der Waals surface area contributed by atoms with Crippen LogP contribution < -0.4 is 10.2 Å². The fourth-order valence-corrected chi connectivity index (χ4v) is 3.24. The quantitative estimate of drug-likeness (QED) is 0.674. The van der Waals surface area contributed by atoms with Crippen molar-refractivity contribution in [2.45, 2.75) is 12.3 Å². The van der Waals surface area contributed by atoms with Gasteiger partial charge in [-0.15, -0.1) is 0 Å². The SMILES string of the molecule is Cc1cccc(N2C(=O)SC(Nc3ccc([N+](=O)[O-])cc3)C2=O)c1. The number of amides is 2. The summed E-state index contributed by atoms with van der Waals surface area (Å²) >= 11 is 0.880. The Morgan fingerprint density at radius 3 is 2.50 bits per heavy atom. The highest BCUT2D eigenvalue weighted by molar-refractivity contribution is 8.16. The molecule has 1 heterocycles. The molecule has 2 amide bonds. The fraction of sp³-hybridized carbons (Fsp3) is 0.125. The first-order valence-electron chi connectivity index (χ1n) is 7.08. The van der Waals surface area contributed by atoms with Gasteiger partial charge in [-0.1, -0.05) is 12.1 Å². The highest BCUT2D eigenvalue weighted by Gasteiger charge is 2.40. The number of anilines is 2. The lowest BCUT2D eigenvalue weighted by molar-refractivity contribution is -0.384. The number of imide groups is 1. The van der Waals surface area contributed by atoms with E-state index in [0.717, 1.165) is 22.2 Å². The highest BCUT2D eigenvalue weighted by Crippen LogP contribution is 2.33. The Morgan fingerprint density at radius 2 is 1.88 bits per heavy atom. The van der Waals surface area contributed by atoms with Gasteiger partial charge in [0.1, 0.15) is 0 Å². The molecule has 1 N–H and O–H groups in total. The molecule has 0 aliphatic carbocycles. The van der Waals surface area contributed by atoms with Crippen LogP contribution in [0.15, 0.2) is 48.5 Å². The number of benzene rings is 2. The summed E-state index contributed by atoms with van der Waals surface area (Å²) < 4.78 is 0. The van der Waals surface area contributed by atoms with E-state index in [-0.39, 0.29) is 16.8 Å². The van der Waals surface area contributed by atoms with E-state index >= 15 is 0 Å². The minimum Gasteiger partial charge on any atom is -0.365 e. The maximum absolute atomic E-state index is 12.5. The molecule has 0 saturated carbocycles. The molecule has 3 rings (SSSR count). The van der Waals surface area contributed by atoms with Gasteiger partial charge in [0.05, 0.1) is 10.6 Å². The lowest BCUT2D eigenvalue weighted by Gasteiger charge is -2.15. The average molecular weight is 343 g/mol. The van der Waals surface area contributed by atoms with Crippen LogP contribution >= 0.6 is 11.8 Å². The van der Waals surface area contributed by atoms with Gasteiger partial charge < -0.3 is 5.32 Å². The predicted molar refractivity (Wildman–Crippen MR) is 92.2 cm³/mol. The maximum atomic E-state index is 12.5. The van der Waals surface area contributed by atoms with Crippen LogP contribution in [0.4, 0.5) is 21.9 Å². The monoisotopic (exact) mass is 343 g/mol. The summed E-state index contributed by atoms with van der Waals surface area (Å²) in [6, 6.07) is 12.8. The Balaban J connectivity index is 1.77. The van der Waals surface area contributed by atoms with Crippen LogP contribution in [-0.4, -0.2) is 21.4 Å². The Morgan fingerprint density at radius 1 is 1.17 bits per heavy atom. The number of carbonyl (C=O) groups is 2. The molecule has 1 aliphatic rings. The van der Waals surface area contributed by atoms with Gasteiger partial charge in [-0.25, -0.2) is 4.90 Å². The zero-order valence-corrected chi connectivity index (χ0v) is 13.4. The van der Waals surface area contributed by atoms with E-state index < -0.39 is 10.3 Å². The molecule has 1 atom stereocenters. The van der Waals surface area contributed by atoms with Crippen molar-refractivity contribution < 1.29 is 14.5 Å². The average Bonchev–Trinajstić information content (AvgIpc) is 2.82. The number of aryl methyl sites for hydroxylation is 1. The third-order valence-electron chi connectivity index (χ3n) is 3.48. The van der Waals surface area contributed by atoms with E-state index in [1.165, 1.54) is 24.3 Å². The first kappa shape index (κ1) is 16.0. The smallest absolute Gasteiger partial charge is 0.295 e. The second-order valence-corrected chi connectivity index (χ2v) is 6.28. The summed E-state index contributed by atoms with van der Waals surface area (Å²) in [5, 5.41) is 12.5. The van der Waals surface area contributed by atoms with Crippen LogP contribution in [0.5, 0.6) is 0 Å². The Kier molecular flexibility index (Phi) is 4.22. The van der Waals surface area contributed by atoms with Gasteiger partial charge in [0.25, 0.3) is 16.8 Å². The number of nitro groups is 1. The highest BCUT2D eigenvalue weighted by atomic mass is 32.2. The summed E-state index contributed by atoms with van der Waals surface area (Å²) in [6.07, 6.45) is 0. The molecule has 0 spiro atoms. The number of hydrogen-bond donors (Lipinski definition) is 1. The van der Waals surface area contributed by atoms with E-state index in [1.807, 2.05) is 13.0 Å². The van der Waals surface area contributed by atoms with Crippen molar-refractivity contribution in [3.63, 3.8) is 0 Å². The molecule has 2 aromatic carbocycles. The van der Waals surface area contributed by atoms with Gasteiger partial charge in [-0.05, 0) is 48.5 Å². The number of rotatable bonds is 4. The second kappa shape index (κ2) is 6.32. The molecule has 1 saturated heterocycles. The van der Waals surface area contributed by atoms with Crippen molar-refractivity contribution in [2.24, 2.45) is 0 Å². The first-order chi connectivity index (χ1) is 11.5. The molecule has 0 aromatic heterocycles. The normalized spacial score (nSPS) is 17.2. The summed E-state index contributed by atoms with van der Waals surface area (Å²) in [4.78, 5) is 36.0. The van der Waals surface area contributed by atoms with Crippen molar-refractivity contribution in [1.82, 2.24) is 0 Å². The molecular weight excluding hydrogens is 330 g/mol. The standard InChI is InChI=1S/C16H13N3O4S/c1-10-3-2-4-13(9-10)18-15(20)14(24-16(18)21)17-11-5-7-12(8-6-11)19(22)23/h2-9,14,17H,1H3. The van der Waals surface area contributed by atoms with Crippen LogP contribution in [0.25, 0.3) is 0 Å². The maximum Gasteiger partial charge on any atom is 0.295 e. The zero-order valence-electron chi connectivity index (χ0n) is 12.6. The molecule has 24 heavy (non-hydrogen) atoms. The van der Waals surface area contributed by atoms with Crippen molar-refractivity contribution in [1.29, 1.82) is 0 Å². The summed E-state index contributed by atoms with van der Waals surface area (Å²) in [6.45, 7) is 1.88. The van der Waals surface area contributed by atoms with Crippen LogP contribution in [0.3, 0.4) is 0 Å². The number of carbonyl (C=O) groups excluding carboxylic acids is 2. The molecule has 7 nitrogen and oxygen atoms in total. The third-order valence-corrected chi connectivity index (χ3v) is 4.42. The van der Waals surface area contributed by atoms with Crippen LogP contribution in [0, 0.1) is 17.0 Å².